The van der Waals surface area contributed by atoms with E-state index in [9.17, 15) is 39.9 Å². The number of fused-ring (bicyclic) bond motifs is 6. The highest BCUT2D eigenvalue weighted by Gasteiger charge is 2.75. The number of carbonyl (C=O) groups is 3. The molecule has 1 saturated heterocycles. The number of aldehydes is 1. The summed E-state index contributed by atoms with van der Waals surface area (Å²) in [4.78, 5) is 41.5. The molecule has 2 bridgehead atoms. The highest BCUT2D eigenvalue weighted by Crippen LogP contribution is 2.81. The fourth-order valence-corrected chi connectivity index (χ4v) is 15.6. The maximum Gasteiger partial charge on any atom is 0.335 e. The number of carboxylic acids is 2. The maximum absolute atomic E-state index is 13.7. The van der Waals surface area contributed by atoms with Gasteiger partial charge in [-0.2, -0.15) is 0 Å². The van der Waals surface area contributed by atoms with Crippen molar-refractivity contribution >= 4 is 18.2 Å². The number of hydrogen-bond donors (Lipinski definition) is 6. The Balaban J connectivity index is 1.23. The lowest BCUT2D eigenvalue weighted by molar-refractivity contribution is -0.325. The third-order valence-electron chi connectivity index (χ3n) is 18.4. The summed E-state index contributed by atoms with van der Waals surface area (Å²) < 4.78 is 12.3. The minimum Gasteiger partial charge on any atom is -0.481 e. The van der Waals surface area contributed by atoms with Crippen molar-refractivity contribution in [1.29, 1.82) is 0 Å². The topological polar surface area (TPSA) is 187 Å². The molecule has 6 aliphatic carbocycles. The summed E-state index contributed by atoms with van der Waals surface area (Å²) in [5.74, 6) is -1.72. The Hall–Kier alpha value is -2.83. The summed E-state index contributed by atoms with van der Waals surface area (Å²) in [5.41, 5.74) is 1.31. The van der Waals surface area contributed by atoms with E-state index in [1.165, 1.54) is 16.7 Å². The zero-order valence-corrected chi connectivity index (χ0v) is 35.2. The Morgan fingerprint density at radius 1 is 0.914 bits per heavy atom. The molecule has 1 spiro atoms. The predicted molar refractivity (Wildman–Crippen MR) is 215 cm³/mol. The van der Waals surface area contributed by atoms with Crippen LogP contribution in [-0.2, 0) is 36.7 Å². The first-order valence-corrected chi connectivity index (χ1v) is 22.2. The van der Waals surface area contributed by atoms with Gasteiger partial charge in [0.05, 0.1) is 11.5 Å². The number of aliphatic hydroxyl groups is 3. The Bertz CT molecular complexity index is 1850. The molecule has 5 fully saturated rings. The van der Waals surface area contributed by atoms with Crippen molar-refractivity contribution in [1.82, 2.24) is 4.98 Å². The summed E-state index contributed by atoms with van der Waals surface area (Å²) in [5, 5.41) is 53.1. The fraction of sp³-hybridized carbons (Fsp3) is 0.766. The van der Waals surface area contributed by atoms with E-state index in [2.05, 4.69) is 70.2 Å². The number of aliphatic hydroxyl groups excluding tert-OH is 3. The number of hydrogen-bond acceptors (Lipinski definition) is 8. The Morgan fingerprint density at radius 2 is 1.66 bits per heavy atom. The Labute approximate surface area is 343 Å². The van der Waals surface area contributed by atoms with E-state index in [0.717, 1.165) is 76.9 Å². The molecule has 0 aromatic carbocycles. The van der Waals surface area contributed by atoms with Crippen molar-refractivity contribution in [2.45, 2.75) is 174 Å². The zero-order valence-electron chi connectivity index (χ0n) is 35.2. The molecule has 1 aromatic heterocycles. The van der Waals surface area contributed by atoms with Gasteiger partial charge in [0, 0.05) is 24.2 Å². The predicted octanol–water partition coefficient (Wildman–Crippen LogP) is 6.92. The van der Waals surface area contributed by atoms with Crippen LogP contribution in [0.4, 0.5) is 0 Å². The first-order chi connectivity index (χ1) is 27.4. The molecular weight excluding hydrogens is 739 g/mol. The first-order valence-electron chi connectivity index (χ1n) is 22.2. The molecule has 11 nitrogen and oxygen atoms in total. The van der Waals surface area contributed by atoms with Crippen LogP contribution in [0.25, 0.3) is 0 Å². The van der Waals surface area contributed by atoms with Crippen molar-refractivity contribution in [3.8, 4) is 0 Å². The van der Waals surface area contributed by atoms with Gasteiger partial charge in [-0.05, 0) is 146 Å². The van der Waals surface area contributed by atoms with Crippen molar-refractivity contribution in [2.75, 3.05) is 0 Å². The van der Waals surface area contributed by atoms with E-state index in [0.29, 0.717) is 32.1 Å². The second-order valence-corrected chi connectivity index (χ2v) is 21.0. The van der Waals surface area contributed by atoms with E-state index in [1.54, 1.807) is 0 Å². The van der Waals surface area contributed by atoms with Crippen molar-refractivity contribution in [3.63, 3.8) is 0 Å². The molecule has 58 heavy (non-hydrogen) atoms. The van der Waals surface area contributed by atoms with Crippen LogP contribution in [0.1, 0.15) is 136 Å². The molecule has 14 atom stereocenters. The van der Waals surface area contributed by atoms with Crippen LogP contribution in [0.5, 0.6) is 0 Å². The molecule has 0 unspecified atom stereocenters. The van der Waals surface area contributed by atoms with Crippen molar-refractivity contribution in [2.24, 2.45) is 49.7 Å². The van der Waals surface area contributed by atoms with Crippen LogP contribution in [0, 0.1) is 49.7 Å². The van der Waals surface area contributed by atoms with Crippen LogP contribution in [0.2, 0.25) is 0 Å². The third kappa shape index (κ3) is 5.71. The number of H-pyrrole nitrogens is 1. The van der Waals surface area contributed by atoms with Gasteiger partial charge in [0.25, 0.3) is 0 Å². The average Bonchev–Trinajstić information content (AvgIpc) is 3.64. The second-order valence-electron chi connectivity index (χ2n) is 21.0. The van der Waals surface area contributed by atoms with E-state index in [4.69, 9.17) is 9.47 Å². The number of nitrogens with one attached hydrogen (secondary N) is 1. The molecular formula is C47H67NO10. The number of aryl methyl sites for hydroxylation is 2. The van der Waals surface area contributed by atoms with Crippen LogP contribution < -0.4 is 0 Å². The summed E-state index contributed by atoms with van der Waals surface area (Å²) in [7, 11) is 0. The number of aromatic nitrogens is 1. The monoisotopic (exact) mass is 805 g/mol. The molecule has 8 rings (SSSR count). The lowest BCUT2D eigenvalue weighted by Crippen LogP contribution is -2.69. The number of aromatic amines is 1. The standard InChI is InChI=1S/C47H67NO10/c1-6-28-25-48-26-29(28)11-18-44-19-13-33(57-39-36(52)34(50)35(51)37(58-39)38(53)54)41(2,3)30(44)12-17-43(5)31(44)9-10-32-45(43,16-8-24-49)22-23-46(40(55)56)21-20-42(4)14-7-15-47(32,46)27-42/h7,10,15,24-26,30-31,33-37,39,48,50-52H,6,8-9,11-14,16-23,27H2,1-5H3,(H,53,54)(H,55,56)/t30-,31-,33-,34-,35-,36+,37-,39+,42-,43+,44-,45+,46+,47-/m0/s1. The van der Waals surface area contributed by atoms with Crippen molar-refractivity contribution < 1.29 is 49.4 Å². The van der Waals surface area contributed by atoms with Gasteiger partial charge in [-0.15, -0.1) is 0 Å². The molecule has 11 heteroatoms. The van der Waals surface area contributed by atoms with Gasteiger partial charge in [0.2, 0.25) is 0 Å². The number of aliphatic carboxylic acids is 2. The molecule has 7 aliphatic rings. The highest BCUT2D eigenvalue weighted by atomic mass is 16.7. The molecule has 4 saturated carbocycles. The summed E-state index contributed by atoms with van der Waals surface area (Å²) >= 11 is 0. The number of ether oxygens (including phenoxy) is 2. The van der Waals surface area contributed by atoms with Gasteiger partial charge in [0.1, 0.15) is 24.6 Å². The minimum atomic E-state index is -1.79. The molecule has 0 amide bonds. The molecule has 6 N–H and O–H groups in total. The van der Waals surface area contributed by atoms with Gasteiger partial charge < -0.3 is 44.8 Å². The SMILES string of the molecule is CCc1c[nH]cc1CC[C@]12CC[C@H](O[C@@H]3O[C@H](C(=O)O)[C@@H](O)[C@H](O)[C@H]3O)C(C)(C)[C@@H]1CC[C@]1(C)[C@@H]2CC=C2[C@@]1(CCC=O)CC[C@@]1(C(=O)O)CC[C@]3(C)CC=C[C@]21C3. The smallest absolute Gasteiger partial charge is 0.335 e. The summed E-state index contributed by atoms with van der Waals surface area (Å²) in [6.45, 7) is 11.5. The lowest BCUT2D eigenvalue weighted by Gasteiger charge is -2.74. The zero-order chi connectivity index (χ0) is 41.7. The average molecular weight is 806 g/mol. The van der Waals surface area contributed by atoms with Gasteiger partial charge in [-0.25, -0.2) is 4.79 Å². The number of carbonyl (C=O) groups excluding carboxylic acids is 1. The van der Waals surface area contributed by atoms with Crippen LogP contribution in [-0.4, -0.2) is 85.6 Å². The maximum atomic E-state index is 13.7. The van der Waals surface area contributed by atoms with Crippen molar-refractivity contribution in [3.05, 3.63) is 47.3 Å². The van der Waals surface area contributed by atoms with Crippen LogP contribution >= 0.6 is 0 Å². The largest absolute Gasteiger partial charge is 0.481 e. The van der Waals surface area contributed by atoms with E-state index >= 15 is 0 Å². The van der Waals surface area contributed by atoms with Gasteiger partial charge in [0.15, 0.2) is 12.4 Å². The molecule has 2 heterocycles. The number of allylic oxidation sites excluding steroid dienone is 4. The van der Waals surface area contributed by atoms with Crippen LogP contribution in [0.3, 0.4) is 0 Å². The first kappa shape index (κ1) is 41.9. The fourth-order valence-electron chi connectivity index (χ4n) is 15.6. The van der Waals surface area contributed by atoms with Gasteiger partial charge in [-0.3, -0.25) is 4.79 Å². The highest BCUT2D eigenvalue weighted by molar-refractivity contribution is 5.79. The number of rotatable bonds is 11. The van der Waals surface area contributed by atoms with E-state index in [-0.39, 0.29) is 33.5 Å². The third-order valence-corrected chi connectivity index (χ3v) is 18.4. The quantitative estimate of drug-likeness (QED) is 0.0779. The Kier molecular flexibility index (Phi) is 10.4. The summed E-state index contributed by atoms with van der Waals surface area (Å²) in [6.07, 6.45) is 16.3. The molecule has 320 valence electrons. The molecule has 0 radical (unpaired) electrons. The second kappa shape index (κ2) is 14.4. The normalized spacial score (nSPS) is 46.4. The van der Waals surface area contributed by atoms with Gasteiger partial charge in [-0.1, -0.05) is 58.4 Å². The van der Waals surface area contributed by atoms with E-state index < -0.39 is 65.0 Å². The summed E-state index contributed by atoms with van der Waals surface area (Å²) in [6, 6.07) is 0. The molecule has 1 aromatic rings. The van der Waals surface area contributed by atoms with E-state index in [1.807, 2.05) is 0 Å². The van der Waals surface area contributed by atoms with Gasteiger partial charge >= 0.3 is 11.9 Å². The van der Waals surface area contributed by atoms with Crippen LogP contribution in [0.15, 0.2) is 36.2 Å². The number of carboxylic acid groups (broad SMARTS) is 2. The molecule has 1 aliphatic heterocycles. The Morgan fingerprint density at radius 3 is 2.36 bits per heavy atom. The minimum absolute atomic E-state index is 0.0309. The lowest BCUT2D eigenvalue weighted by atomic mass is 9.29.